The molecule has 2 aromatic carbocycles. The first-order valence-electron chi connectivity index (χ1n) is 12.9. The Bertz CT molecular complexity index is 1940. The second kappa shape index (κ2) is 10.6. The van der Waals surface area contributed by atoms with Crippen molar-refractivity contribution in [3.05, 3.63) is 88.9 Å². The highest BCUT2D eigenvalue weighted by Gasteiger charge is 2.38. The maximum absolute atomic E-state index is 15.8. The fraction of sp³-hybridized carbons (Fsp3) is 0.241. The van der Waals surface area contributed by atoms with Gasteiger partial charge in [0.2, 0.25) is 5.91 Å². The largest absolute Gasteiger partial charge is 0.355 e. The SMILES string of the molecule is C=CC(=O)N1CCN(c2nc(=O)n(-c3c(C)cccc3S(C)(=O)=O)c3nc(-c4ccccc4F)c(F)cc23)[C@@](C)([Si])C1. The standard InChI is InChI=1S/C29H26F2N5O4SSi/c1-5-23(37)34-13-14-35(29(3,42)16-34)26-19-15-21(31)24(18-10-6-7-11-20(18)30)32-27(19)36(28(38)33-26)25-17(2)9-8-12-22(25)41(4,39)40/h5-12,15H,1,13-14,16H2,2-4H3/t29-/m0/s1. The highest BCUT2D eigenvalue weighted by atomic mass is 32.2. The third-order valence-electron chi connectivity index (χ3n) is 7.18. The number of halogens is 2. The highest BCUT2D eigenvalue weighted by molar-refractivity contribution is 7.90. The van der Waals surface area contributed by atoms with Gasteiger partial charge in [-0.25, -0.2) is 31.5 Å². The summed E-state index contributed by atoms with van der Waals surface area (Å²) >= 11 is 0. The van der Waals surface area contributed by atoms with Gasteiger partial charge in [-0.2, -0.15) is 4.98 Å². The Labute approximate surface area is 244 Å². The summed E-state index contributed by atoms with van der Waals surface area (Å²) in [6.07, 6.45) is 2.22. The quantitative estimate of drug-likeness (QED) is 0.254. The summed E-state index contributed by atoms with van der Waals surface area (Å²) in [4.78, 5) is 38.1. The number of hydrogen-bond acceptors (Lipinski definition) is 7. The van der Waals surface area contributed by atoms with Crippen LogP contribution in [0.1, 0.15) is 12.5 Å². The molecule has 1 amide bonds. The molecule has 3 heterocycles. The number of pyridine rings is 1. The van der Waals surface area contributed by atoms with Crippen LogP contribution in [0.15, 0.2) is 70.9 Å². The fourth-order valence-corrected chi connectivity index (χ4v) is 6.57. The number of nitrogens with zero attached hydrogens (tertiary/aromatic N) is 5. The molecule has 0 saturated carbocycles. The van der Waals surface area contributed by atoms with E-state index in [0.717, 1.165) is 23.0 Å². The van der Waals surface area contributed by atoms with Gasteiger partial charge in [-0.3, -0.25) is 4.79 Å². The number of anilines is 1. The van der Waals surface area contributed by atoms with E-state index in [4.69, 9.17) is 0 Å². The van der Waals surface area contributed by atoms with Crippen molar-refractivity contribution in [2.75, 3.05) is 30.8 Å². The van der Waals surface area contributed by atoms with Crippen LogP contribution in [0.2, 0.25) is 0 Å². The summed E-state index contributed by atoms with van der Waals surface area (Å²) in [7, 11) is -0.138. The van der Waals surface area contributed by atoms with E-state index in [1.807, 2.05) is 0 Å². The van der Waals surface area contributed by atoms with Crippen molar-refractivity contribution >= 4 is 42.8 Å². The lowest BCUT2D eigenvalue weighted by Gasteiger charge is -2.47. The smallest absolute Gasteiger partial charge is 0.350 e. The number of piperazine rings is 1. The van der Waals surface area contributed by atoms with Crippen LogP contribution in [0.5, 0.6) is 0 Å². The number of carbonyl (C=O) groups is 1. The second-order valence-corrected chi connectivity index (χ2v) is 13.4. The van der Waals surface area contributed by atoms with Crippen LogP contribution >= 0.6 is 0 Å². The van der Waals surface area contributed by atoms with Gasteiger partial charge in [-0.15, -0.1) is 0 Å². The predicted octanol–water partition coefficient (Wildman–Crippen LogP) is 3.16. The molecular weight excluding hydrogens is 580 g/mol. The minimum atomic E-state index is -3.85. The number of carbonyl (C=O) groups excluding carboxylic acids is 1. The van der Waals surface area contributed by atoms with Gasteiger partial charge < -0.3 is 9.80 Å². The van der Waals surface area contributed by atoms with Crippen molar-refractivity contribution in [3.63, 3.8) is 0 Å². The van der Waals surface area contributed by atoms with Crippen LogP contribution in [0.25, 0.3) is 28.0 Å². The molecule has 0 aliphatic carbocycles. The van der Waals surface area contributed by atoms with Gasteiger partial charge in [0.05, 0.1) is 26.2 Å². The molecule has 5 rings (SSSR count). The zero-order valence-electron chi connectivity index (χ0n) is 23.1. The zero-order valence-corrected chi connectivity index (χ0v) is 24.9. The van der Waals surface area contributed by atoms with Crippen molar-refractivity contribution in [2.24, 2.45) is 0 Å². The third kappa shape index (κ3) is 5.02. The van der Waals surface area contributed by atoms with Crippen molar-refractivity contribution in [2.45, 2.75) is 23.9 Å². The van der Waals surface area contributed by atoms with E-state index in [1.165, 1.54) is 30.3 Å². The van der Waals surface area contributed by atoms with Gasteiger partial charge in [0.25, 0.3) is 0 Å². The van der Waals surface area contributed by atoms with Crippen LogP contribution in [-0.4, -0.2) is 75.1 Å². The minimum absolute atomic E-state index is 0.00942. The average molecular weight is 607 g/mol. The van der Waals surface area contributed by atoms with E-state index >= 15 is 4.39 Å². The zero-order chi connectivity index (χ0) is 30.6. The summed E-state index contributed by atoms with van der Waals surface area (Å²) in [6, 6.07) is 11.1. The van der Waals surface area contributed by atoms with E-state index in [-0.39, 0.29) is 64.2 Å². The topological polar surface area (TPSA) is 105 Å². The van der Waals surface area contributed by atoms with Crippen LogP contribution in [0.4, 0.5) is 14.6 Å². The van der Waals surface area contributed by atoms with Crippen molar-refractivity contribution < 1.29 is 22.0 Å². The lowest BCUT2D eigenvalue weighted by molar-refractivity contribution is -0.127. The Morgan fingerprint density at radius 1 is 1.10 bits per heavy atom. The molecule has 1 aliphatic heterocycles. The van der Waals surface area contributed by atoms with E-state index in [2.05, 4.69) is 26.8 Å². The molecule has 1 atom stereocenters. The molecule has 1 aliphatic rings. The van der Waals surface area contributed by atoms with Gasteiger partial charge in [0.15, 0.2) is 15.5 Å². The van der Waals surface area contributed by atoms with Crippen LogP contribution in [-0.2, 0) is 14.6 Å². The number of hydrogen-bond donors (Lipinski definition) is 0. The molecule has 0 unspecified atom stereocenters. The van der Waals surface area contributed by atoms with Gasteiger partial charge in [-0.05, 0) is 49.8 Å². The molecule has 215 valence electrons. The van der Waals surface area contributed by atoms with Gasteiger partial charge in [-0.1, -0.05) is 30.8 Å². The Balaban J connectivity index is 1.87. The first kappa shape index (κ1) is 29.3. The summed E-state index contributed by atoms with van der Waals surface area (Å²) in [5, 5.41) is -0.862. The molecule has 0 N–H and O–H groups in total. The number of rotatable bonds is 5. The molecule has 9 nitrogen and oxygen atoms in total. The number of benzene rings is 2. The maximum Gasteiger partial charge on any atom is 0.355 e. The minimum Gasteiger partial charge on any atom is -0.350 e. The molecular formula is C29H26F2N5O4SSi. The third-order valence-corrected chi connectivity index (χ3v) is 8.74. The maximum atomic E-state index is 15.8. The van der Waals surface area contributed by atoms with E-state index in [0.29, 0.717) is 5.56 Å². The second-order valence-electron chi connectivity index (χ2n) is 10.3. The molecule has 1 fully saturated rings. The van der Waals surface area contributed by atoms with E-state index in [9.17, 15) is 22.4 Å². The van der Waals surface area contributed by atoms with Crippen LogP contribution < -0.4 is 10.6 Å². The monoisotopic (exact) mass is 606 g/mol. The van der Waals surface area contributed by atoms with Crippen LogP contribution in [0, 0.1) is 18.6 Å². The number of aromatic nitrogens is 3. The highest BCUT2D eigenvalue weighted by Crippen LogP contribution is 2.35. The Morgan fingerprint density at radius 3 is 2.45 bits per heavy atom. The Hall–Kier alpha value is -4.23. The number of aryl methyl sites for hydroxylation is 1. The van der Waals surface area contributed by atoms with Crippen LogP contribution in [0.3, 0.4) is 0 Å². The van der Waals surface area contributed by atoms with Gasteiger partial charge in [0, 0.05) is 36.6 Å². The summed E-state index contributed by atoms with van der Waals surface area (Å²) in [6.45, 7) is 7.58. The normalized spacial score (nSPS) is 17.5. The number of amides is 1. The first-order chi connectivity index (χ1) is 19.7. The lowest BCUT2D eigenvalue weighted by atomic mass is 10.1. The summed E-state index contributed by atoms with van der Waals surface area (Å²) in [5.41, 5.74) is -1.05. The molecule has 1 saturated heterocycles. The number of para-hydroxylation sites is 1. The van der Waals surface area contributed by atoms with Crippen molar-refractivity contribution in [1.82, 2.24) is 19.4 Å². The first-order valence-corrected chi connectivity index (χ1v) is 15.3. The number of fused-ring (bicyclic) bond motifs is 1. The van der Waals surface area contributed by atoms with Gasteiger partial charge in [0.1, 0.15) is 23.1 Å². The molecule has 0 bridgehead atoms. The van der Waals surface area contributed by atoms with Crippen molar-refractivity contribution in [3.8, 4) is 16.9 Å². The molecule has 0 spiro atoms. The fourth-order valence-electron chi connectivity index (χ4n) is 5.23. The summed E-state index contributed by atoms with van der Waals surface area (Å²) < 4.78 is 57.2. The van der Waals surface area contributed by atoms with Gasteiger partial charge >= 0.3 is 5.69 Å². The lowest BCUT2D eigenvalue weighted by Crippen LogP contribution is -2.63. The molecule has 13 heteroatoms. The van der Waals surface area contributed by atoms with E-state index < -0.39 is 32.3 Å². The summed E-state index contributed by atoms with van der Waals surface area (Å²) in [5.74, 6) is -1.81. The number of sulfone groups is 1. The Kier molecular flexibility index (Phi) is 7.35. The molecule has 42 heavy (non-hydrogen) atoms. The predicted molar refractivity (Wildman–Crippen MR) is 157 cm³/mol. The molecule has 4 aromatic rings. The van der Waals surface area contributed by atoms with Crippen molar-refractivity contribution in [1.29, 1.82) is 0 Å². The molecule has 3 radical (unpaired) electrons. The Morgan fingerprint density at radius 2 is 1.81 bits per heavy atom. The average Bonchev–Trinajstić information content (AvgIpc) is 2.92. The molecule has 2 aromatic heterocycles. The van der Waals surface area contributed by atoms with E-state index in [1.54, 1.807) is 35.8 Å².